The number of carbonyl (C=O) groups excluding carboxylic acids is 2. The second-order valence-electron chi connectivity index (χ2n) is 8.03. The average Bonchev–Trinajstić information content (AvgIpc) is 3.22. The topological polar surface area (TPSA) is 64.4 Å². The monoisotopic (exact) mass is 493 g/mol. The maximum atomic E-state index is 13.9. The summed E-state index contributed by atoms with van der Waals surface area (Å²) in [5.74, 6) is -1.62. The number of imidazole rings is 1. The molecule has 8 heteroatoms. The van der Waals surface area contributed by atoms with Crippen molar-refractivity contribution in [2.75, 3.05) is 11.5 Å². The Bertz CT molecular complexity index is 1390. The number of carbonyl (C=O) groups is 2. The Kier molecular flexibility index (Phi) is 6.02. The molecule has 6 nitrogen and oxygen atoms in total. The van der Waals surface area contributed by atoms with Crippen molar-refractivity contribution >= 4 is 52.1 Å². The minimum Gasteiger partial charge on any atom is -0.465 e. The molecule has 4 aromatic rings. The van der Waals surface area contributed by atoms with E-state index < -0.39 is 17.9 Å². The first-order chi connectivity index (χ1) is 16.5. The van der Waals surface area contributed by atoms with Crippen molar-refractivity contribution in [3.8, 4) is 0 Å². The first-order valence-corrected chi connectivity index (χ1v) is 11.7. The molecule has 0 fully saturated rings. The summed E-state index contributed by atoms with van der Waals surface area (Å²) < 4.78 is 7.31. The molecule has 1 aromatic heterocycles. The standard InChI is InChI=1S/C26H21Cl2N3O3/c1-2-34-25(33)22-23(17-12-13-18(27)19(28)14-17)31-21-11-7-6-10-20(21)29-26(31)30(24(22)32)15-16-8-4-3-5-9-16/h3-14,22-23H,2,15H2,1H3/t22-,23+/m0/s1. The Morgan fingerprint density at radius 3 is 2.47 bits per heavy atom. The molecule has 0 saturated heterocycles. The summed E-state index contributed by atoms with van der Waals surface area (Å²) in [6.45, 7) is 2.15. The molecule has 1 amide bonds. The molecule has 0 N–H and O–H groups in total. The van der Waals surface area contributed by atoms with Gasteiger partial charge in [0.15, 0.2) is 5.92 Å². The number of halogens is 2. The van der Waals surface area contributed by atoms with Gasteiger partial charge in [-0.05, 0) is 42.3 Å². The van der Waals surface area contributed by atoms with E-state index in [1.54, 1.807) is 30.0 Å². The molecule has 1 aliphatic rings. The average molecular weight is 494 g/mol. The fourth-order valence-electron chi connectivity index (χ4n) is 4.46. The Balaban J connectivity index is 1.76. The van der Waals surface area contributed by atoms with Gasteiger partial charge in [0, 0.05) is 0 Å². The molecule has 0 unspecified atom stereocenters. The quantitative estimate of drug-likeness (QED) is 0.265. The Labute approximate surface area is 206 Å². The van der Waals surface area contributed by atoms with Crippen LogP contribution in [0.3, 0.4) is 0 Å². The lowest BCUT2D eigenvalue weighted by atomic mass is 9.89. The predicted molar refractivity (Wildman–Crippen MR) is 132 cm³/mol. The number of hydrogen-bond donors (Lipinski definition) is 0. The third kappa shape index (κ3) is 3.83. The Morgan fingerprint density at radius 2 is 1.74 bits per heavy atom. The number of para-hydroxylation sites is 2. The van der Waals surface area contributed by atoms with Crippen LogP contribution in [0.25, 0.3) is 11.0 Å². The molecule has 3 aromatic carbocycles. The van der Waals surface area contributed by atoms with E-state index in [1.807, 2.05) is 59.2 Å². The number of ether oxygens (including phenoxy) is 1. The van der Waals surface area contributed by atoms with Gasteiger partial charge in [-0.1, -0.05) is 71.7 Å². The van der Waals surface area contributed by atoms with Gasteiger partial charge in [0.05, 0.1) is 40.3 Å². The van der Waals surface area contributed by atoms with Crippen molar-refractivity contribution in [1.29, 1.82) is 0 Å². The van der Waals surface area contributed by atoms with Gasteiger partial charge in [-0.15, -0.1) is 0 Å². The molecule has 0 saturated carbocycles. The van der Waals surface area contributed by atoms with Gasteiger partial charge in [-0.2, -0.15) is 0 Å². The second kappa shape index (κ2) is 9.12. The zero-order chi connectivity index (χ0) is 23.8. The number of benzene rings is 3. The van der Waals surface area contributed by atoms with Crippen LogP contribution in [0.2, 0.25) is 10.0 Å². The fraction of sp³-hybridized carbons (Fsp3) is 0.192. The minimum absolute atomic E-state index is 0.160. The number of aromatic nitrogens is 2. The van der Waals surface area contributed by atoms with Crippen LogP contribution in [0.15, 0.2) is 72.8 Å². The van der Waals surface area contributed by atoms with E-state index in [0.717, 1.165) is 16.6 Å². The summed E-state index contributed by atoms with van der Waals surface area (Å²) in [6, 6.07) is 21.7. The minimum atomic E-state index is -1.12. The molecule has 5 rings (SSSR count). The number of anilines is 1. The van der Waals surface area contributed by atoms with Crippen molar-refractivity contribution in [1.82, 2.24) is 9.55 Å². The molecule has 0 bridgehead atoms. The van der Waals surface area contributed by atoms with Gasteiger partial charge in [0.2, 0.25) is 11.9 Å². The van der Waals surface area contributed by atoms with Crippen molar-refractivity contribution in [2.45, 2.75) is 19.5 Å². The van der Waals surface area contributed by atoms with Crippen LogP contribution in [0.5, 0.6) is 0 Å². The van der Waals surface area contributed by atoms with Gasteiger partial charge in [-0.3, -0.25) is 14.5 Å². The van der Waals surface area contributed by atoms with Gasteiger partial charge >= 0.3 is 5.97 Å². The van der Waals surface area contributed by atoms with Crippen LogP contribution in [0.1, 0.15) is 24.1 Å². The molecule has 2 heterocycles. The number of rotatable bonds is 5. The third-order valence-corrected chi connectivity index (χ3v) is 6.69. The molecule has 2 atom stereocenters. The number of hydrogen-bond acceptors (Lipinski definition) is 4. The summed E-state index contributed by atoms with van der Waals surface area (Å²) in [4.78, 5) is 33.5. The van der Waals surface area contributed by atoms with E-state index in [1.165, 1.54) is 0 Å². The molecule has 0 radical (unpaired) electrons. The number of amides is 1. The first-order valence-electron chi connectivity index (χ1n) is 10.9. The van der Waals surface area contributed by atoms with Gasteiger partial charge in [-0.25, -0.2) is 4.98 Å². The van der Waals surface area contributed by atoms with E-state index in [-0.39, 0.29) is 19.1 Å². The van der Waals surface area contributed by atoms with Crippen LogP contribution < -0.4 is 4.90 Å². The summed E-state index contributed by atoms with van der Waals surface area (Å²) >= 11 is 12.5. The smallest absolute Gasteiger partial charge is 0.321 e. The molecular formula is C26H21Cl2N3O3. The first kappa shape index (κ1) is 22.4. The molecule has 1 aliphatic heterocycles. The van der Waals surface area contributed by atoms with Crippen molar-refractivity contribution in [3.63, 3.8) is 0 Å². The van der Waals surface area contributed by atoms with E-state index >= 15 is 0 Å². The van der Waals surface area contributed by atoms with E-state index in [2.05, 4.69) is 0 Å². The van der Waals surface area contributed by atoms with Crippen molar-refractivity contribution in [3.05, 3.63) is 94.0 Å². The van der Waals surface area contributed by atoms with E-state index in [9.17, 15) is 9.59 Å². The lowest BCUT2D eigenvalue weighted by Crippen LogP contribution is -2.49. The summed E-state index contributed by atoms with van der Waals surface area (Å²) in [7, 11) is 0. The van der Waals surface area contributed by atoms with Crippen LogP contribution in [-0.2, 0) is 20.9 Å². The van der Waals surface area contributed by atoms with Crippen LogP contribution >= 0.6 is 23.2 Å². The second-order valence-corrected chi connectivity index (χ2v) is 8.84. The van der Waals surface area contributed by atoms with Gasteiger partial charge in [0.25, 0.3) is 0 Å². The SMILES string of the molecule is CCOC(=O)[C@@H]1C(=O)N(Cc2ccccc2)c2nc3ccccc3n2[C@@H]1c1ccc(Cl)c(Cl)c1. The molecule has 0 aliphatic carbocycles. The van der Waals surface area contributed by atoms with Crippen molar-refractivity contribution in [2.24, 2.45) is 5.92 Å². The number of fused-ring (bicyclic) bond motifs is 3. The summed E-state index contributed by atoms with van der Waals surface area (Å²) in [5, 5.41) is 0.730. The largest absolute Gasteiger partial charge is 0.465 e. The molecular weight excluding hydrogens is 473 g/mol. The van der Waals surface area contributed by atoms with E-state index in [0.29, 0.717) is 21.6 Å². The number of nitrogens with zero attached hydrogens (tertiary/aromatic N) is 3. The van der Waals surface area contributed by atoms with Crippen LogP contribution in [0.4, 0.5) is 5.95 Å². The molecule has 34 heavy (non-hydrogen) atoms. The lowest BCUT2D eigenvalue weighted by molar-refractivity contribution is -0.153. The summed E-state index contributed by atoms with van der Waals surface area (Å²) in [5.41, 5.74) is 3.11. The highest BCUT2D eigenvalue weighted by Crippen LogP contribution is 2.42. The Morgan fingerprint density at radius 1 is 1.00 bits per heavy atom. The summed E-state index contributed by atoms with van der Waals surface area (Å²) in [6.07, 6.45) is 0. The van der Waals surface area contributed by atoms with Crippen LogP contribution in [0, 0.1) is 5.92 Å². The fourth-order valence-corrected chi connectivity index (χ4v) is 4.77. The maximum absolute atomic E-state index is 13.9. The molecule has 0 spiro atoms. The van der Waals surface area contributed by atoms with Crippen molar-refractivity contribution < 1.29 is 14.3 Å². The normalized spacial score (nSPS) is 17.6. The number of esters is 1. The Hall–Kier alpha value is -3.35. The van der Waals surface area contributed by atoms with Gasteiger partial charge < -0.3 is 9.30 Å². The maximum Gasteiger partial charge on any atom is 0.321 e. The van der Waals surface area contributed by atoms with E-state index in [4.69, 9.17) is 32.9 Å². The highest BCUT2D eigenvalue weighted by Gasteiger charge is 2.48. The zero-order valence-electron chi connectivity index (χ0n) is 18.3. The lowest BCUT2D eigenvalue weighted by Gasteiger charge is -2.38. The zero-order valence-corrected chi connectivity index (χ0v) is 19.8. The highest BCUT2D eigenvalue weighted by molar-refractivity contribution is 6.42. The third-order valence-electron chi connectivity index (χ3n) is 5.95. The predicted octanol–water partition coefficient (Wildman–Crippen LogP) is 5.66. The molecule has 172 valence electrons. The van der Waals surface area contributed by atoms with Gasteiger partial charge in [0.1, 0.15) is 0 Å². The highest BCUT2D eigenvalue weighted by atomic mass is 35.5. The van der Waals surface area contributed by atoms with Crippen LogP contribution in [-0.4, -0.2) is 28.0 Å².